The molecule has 3 N–H and O–H groups in total. The van der Waals surface area contributed by atoms with Crippen LogP contribution in [0.3, 0.4) is 0 Å². The third-order valence-corrected chi connectivity index (χ3v) is 4.81. The van der Waals surface area contributed by atoms with Crippen LogP contribution in [0.2, 0.25) is 0 Å². The normalized spacial score (nSPS) is 32.4. The number of rotatable bonds is 5. The van der Waals surface area contributed by atoms with Gasteiger partial charge in [0.1, 0.15) is 0 Å². The maximum absolute atomic E-state index is 12.2. The van der Waals surface area contributed by atoms with E-state index in [2.05, 4.69) is 5.32 Å². The average Bonchev–Trinajstić information content (AvgIpc) is 2.98. The third-order valence-electron chi connectivity index (χ3n) is 4.81. The maximum Gasteiger partial charge on any atom is 0.241 e. The zero-order valence-corrected chi connectivity index (χ0v) is 11.9. The summed E-state index contributed by atoms with van der Waals surface area (Å²) in [6.45, 7) is 5.34. The van der Waals surface area contributed by atoms with Gasteiger partial charge in [0.15, 0.2) is 0 Å². The van der Waals surface area contributed by atoms with Gasteiger partial charge in [-0.1, -0.05) is 0 Å². The van der Waals surface area contributed by atoms with Crippen LogP contribution in [0, 0.1) is 17.8 Å². The number of fused-ring (bicyclic) bond motifs is 2. The molecule has 5 nitrogen and oxygen atoms in total. The van der Waals surface area contributed by atoms with Gasteiger partial charge in [0.2, 0.25) is 11.8 Å². The number of amides is 2. The Morgan fingerprint density at radius 3 is 2.37 bits per heavy atom. The molecule has 2 rings (SSSR count). The van der Waals surface area contributed by atoms with Crippen molar-refractivity contribution in [3.63, 3.8) is 0 Å². The topological polar surface area (TPSA) is 75.4 Å². The summed E-state index contributed by atoms with van der Waals surface area (Å²) in [6, 6.07) is -0.0118. The van der Waals surface area contributed by atoms with Crippen molar-refractivity contribution < 1.29 is 9.59 Å². The number of nitrogens with two attached hydrogens (primary N) is 1. The van der Waals surface area contributed by atoms with Gasteiger partial charge in [-0.15, -0.1) is 0 Å². The number of likely N-dealkylation sites (N-methyl/N-ethyl adjacent to an activating group) is 1. The van der Waals surface area contributed by atoms with Crippen LogP contribution in [-0.4, -0.2) is 42.4 Å². The van der Waals surface area contributed by atoms with Crippen LogP contribution in [-0.2, 0) is 9.59 Å². The molecule has 2 aliphatic carbocycles. The molecule has 108 valence electrons. The van der Waals surface area contributed by atoms with Crippen molar-refractivity contribution in [1.29, 1.82) is 0 Å². The molecular weight excluding hydrogens is 242 g/mol. The highest BCUT2D eigenvalue weighted by Gasteiger charge is 2.49. The van der Waals surface area contributed by atoms with E-state index in [-0.39, 0.29) is 30.3 Å². The molecule has 2 aliphatic rings. The molecule has 0 aromatic rings. The van der Waals surface area contributed by atoms with E-state index in [9.17, 15) is 9.59 Å². The molecular formula is C14H25N3O2. The second kappa shape index (κ2) is 5.90. The summed E-state index contributed by atoms with van der Waals surface area (Å²) in [5.74, 6) is 0.821. The number of nitrogens with zero attached hydrogens (tertiary/aromatic N) is 1. The Hall–Kier alpha value is -1.10. The van der Waals surface area contributed by atoms with Crippen LogP contribution in [0.1, 0.15) is 33.1 Å². The monoisotopic (exact) mass is 267 g/mol. The Kier molecular flexibility index (Phi) is 4.45. The average molecular weight is 267 g/mol. The Bertz CT molecular complexity index is 353. The summed E-state index contributed by atoms with van der Waals surface area (Å²) < 4.78 is 0. The van der Waals surface area contributed by atoms with Crippen molar-refractivity contribution in [2.45, 2.75) is 39.2 Å². The largest absolute Gasteiger partial charge is 0.347 e. The first kappa shape index (κ1) is 14.3. The van der Waals surface area contributed by atoms with E-state index >= 15 is 0 Å². The number of hydrogen-bond donors (Lipinski definition) is 2. The molecule has 0 heterocycles. The molecule has 0 aliphatic heterocycles. The fourth-order valence-corrected chi connectivity index (χ4v) is 3.69. The first-order chi connectivity index (χ1) is 9.08. The lowest BCUT2D eigenvalue weighted by Crippen LogP contribution is -2.48. The van der Waals surface area contributed by atoms with E-state index in [1.54, 1.807) is 4.90 Å². The van der Waals surface area contributed by atoms with Crippen molar-refractivity contribution in [3.05, 3.63) is 0 Å². The van der Waals surface area contributed by atoms with Crippen LogP contribution < -0.4 is 11.1 Å². The van der Waals surface area contributed by atoms with Crippen LogP contribution in [0.5, 0.6) is 0 Å². The van der Waals surface area contributed by atoms with Crippen molar-refractivity contribution in [2.75, 3.05) is 19.6 Å². The van der Waals surface area contributed by atoms with Crippen molar-refractivity contribution in [2.24, 2.45) is 23.5 Å². The second-order valence-corrected chi connectivity index (χ2v) is 5.72. The first-order valence-corrected chi connectivity index (χ1v) is 7.39. The highest BCUT2D eigenvalue weighted by Crippen LogP contribution is 2.47. The molecule has 4 unspecified atom stereocenters. The Morgan fingerprint density at radius 1 is 1.21 bits per heavy atom. The minimum Gasteiger partial charge on any atom is -0.347 e. The summed E-state index contributed by atoms with van der Waals surface area (Å²) >= 11 is 0. The zero-order valence-electron chi connectivity index (χ0n) is 11.9. The van der Waals surface area contributed by atoms with E-state index in [0.717, 1.165) is 19.3 Å². The molecule has 2 bridgehead atoms. The summed E-state index contributed by atoms with van der Waals surface area (Å²) in [6.07, 6.45) is 3.36. The fourth-order valence-electron chi connectivity index (χ4n) is 3.69. The standard InChI is InChI=1S/C14H25N3O2/c1-3-17(4-2)11(18)8-16-14(19)12-9-5-6-10(7-9)13(12)15/h9-10,12-13H,3-8,15H2,1-2H3,(H,16,19). The van der Waals surface area contributed by atoms with Crippen molar-refractivity contribution in [1.82, 2.24) is 10.2 Å². The molecule has 5 heteroatoms. The summed E-state index contributed by atoms with van der Waals surface area (Å²) in [7, 11) is 0. The molecule has 2 fully saturated rings. The molecule has 19 heavy (non-hydrogen) atoms. The van der Waals surface area contributed by atoms with E-state index in [0.29, 0.717) is 24.9 Å². The lowest BCUT2D eigenvalue weighted by Gasteiger charge is -2.27. The number of carbonyl (C=O) groups excluding carboxylic acids is 2. The number of hydrogen-bond acceptors (Lipinski definition) is 3. The van der Waals surface area contributed by atoms with Gasteiger partial charge >= 0.3 is 0 Å². The molecule has 4 atom stereocenters. The highest BCUT2D eigenvalue weighted by atomic mass is 16.2. The van der Waals surface area contributed by atoms with E-state index < -0.39 is 0 Å². The van der Waals surface area contributed by atoms with Crippen molar-refractivity contribution >= 4 is 11.8 Å². The van der Waals surface area contributed by atoms with E-state index in [4.69, 9.17) is 5.73 Å². The zero-order chi connectivity index (χ0) is 14.0. The lowest BCUT2D eigenvalue weighted by molar-refractivity contribution is -0.134. The molecule has 0 spiro atoms. The number of carbonyl (C=O) groups is 2. The van der Waals surface area contributed by atoms with Gasteiger partial charge < -0.3 is 16.0 Å². The predicted octanol–water partition coefficient (Wildman–Crippen LogP) is 0.344. The van der Waals surface area contributed by atoms with Crippen LogP contribution in [0.25, 0.3) is 0 Å². The Balaban J connectivity index is 1.83. The van der Waals surface area contributed by atoms with Crippen LogP contribution >= 0.6 is 0 Å². The lowest BCUT2D eigenvalue weighted by atomic mass is 9.84. The SMILES string of the molecule is CCN(CC)C(=O)CNC(=O)C1C2CCC(C2)C1N. The maximum atomic E-state index is 12.2. The van der Waals surface area contributed by atoms with Gasteiger partial charge in [0.25, 0.3) is 0 Å². The van der Waals surface area contributed by atoms with Gasteiger partial charge in [0.05, 0.1) is 12.5 Å². The van der Waals surface area contributed by atoms with Gasteiger partial charge in [-0.05, 0) is 44.9 Å². The van der Waals surface area contributed by atoms with Gasteiger partial charge in [-0.25, -0.2) is 0 Å². The van der Waals surface area contributed by atoms with E-state index in [1.807, 2.05) is 13.8 Å². The molecule has 0 saturated heterocycles. The van der Waals surface area contributed by atoms with Gasteiger partial charge in [-0.3, -0.25) is 9.59 Å². The van der Waals surface area contributed by atoms with Crippen LogP contribution in [0.15, 0.2) is 0 Å². The van der Waals surface area contributed by atoms with Crippen molar-refractivity contribution in [3.8, 4) is 0 Å². The molecule has 0 aromatic carbocycles. The molecule has 2 saturated carbocycles. The smallest absolute Gasteiger partial charge is 0.241 e. The molecule has 0 radical (unpaired) electrons. The van der Waals surface area contributed by atoms with Gasteiger partial charge in [-0.2, -0.15) is 0 Å². The molecule has 2 amide bonds. The second-order valence-electron chi connectivity index (χ2n) is 5.72. The third kappa shape index (κ3) is 2.76. The highest BCUT2D eigenvalue weighted by molar-refractivity contribution is 5.86. The quantitative estimate of drug-likeness (QED) is 0.754. The molecule has 0 aromatic heterocycles. The minimum absolute atomic E-state index is 0.0118. The van der Waals surface area contributed by atoms with Gasteiger partial charge in [0, 0.05) is 19.1 Å². The number of nitrogens with one attached hydrogen (secondary N) is 1. The predicted molar refractivity (Wildman–Crippen MR) is 73.2 cm³/mol. The fraction of sp³-hybridized carbons (Fsp3) is 0.857. The summed E-state index contributed by atoms with van der Waals surface area (Å²) in [5.41, 5.74) is 6.13. The first-order valence-electron chi connectivity index (χ1n) is 7.39. The minimum atomic E-state index is -0.0803. The Morgan fingerprint density at radius 2 is 1.84 bits per heavy atom. The summed E-state index contributed by atoms with van der Waals surface area (Å²) in [4.78, 5) is 25.8. The summed E-state index contributed by atoms with van der Waals surface area (Å²) in [5, 5.41) is 2.78. The van der Waals surface area contributed by atoms with E-state index in [1.165, 1.54) is 0 Å². The Labute approximate surface area is 114 Å². The van der Waals surface area contributed by atoms with Crippen LogP contribution in [0.4, 0.5) is 0 Å².